The van der Waals surface area contributed by atoms with E-state index in [-0.39, 0.29) is 0 Å². The molecule has 2 aromatic heterocycles. The average molecular weight is 713 g/mol. The van der Waals surface area contributed by atoms with Crippen LogP contribution in [0, 0.1) is 0 Å². The third kappa shape index (κ3) is 4.71. The molecule has 0 fully saturated rings. The molecule has 0 amide bonds. The molecule has 0 atom stereocenters. The summed E-state index contributed by atoms with van der Waals surface area (Å²) < 4.78 is 18.6. The molecule has 240 valence electrons. The van der Waals surface area contributed by atoms with Crippen LogP contribution in [-0.2, 0) is 0 Å². The predicted octanol–water partition coefficient (Wildman–Crippen LogP) is 10.2. The van der Waals surface area contributed by atoms with Crippen molar-refractivity contribution in [3.63, 3.8) is 0 Å². The van der Waals surface area contributed by atoms with Crippen LogP contribution in [0.2, 0.25) is 0 Å². The Morgan fingerprint density at radius 3 is 1.14 bits per heavy atom. The molecule has 2 heterocycles. The van der Waals surface area contributed by atoms with E-state index in [1.807, 2.05) is 12.1 Å². The van der Waals surface area contributed by atoms with Crippen LogP contribution in [0.25, 0.3) is 66.1 Å². The summed E-state index contributed by atoms with van der Waals surface area (Å²) in [4.78, 5) is 0. The summed E-state index contributed by atoms with van der Waals surface area (Å²) in [5, 5.41) is 4.56. The zero-order valence-electron chi connectivity index (χ0n) is 27.8. The molecule has 0 N–H and O–H groups in total. The molecule has 0 saturated carbocycles. The first-order chi connectivity index (χ1) is 25.3. The van der Waals surface area contributed by atoms with E-state index in [1.165, 1.54) is 17.6 Å². The van der Waals surface area contributed by atoms with Crippen LogP contribution in [0.3, 0.4) is 0 Å². The summed E-state index contributed by atoms with van der Waals surface area (Å²) in [6.45, 7) is 0. The second-order valence-corrected chi connectivity index (χ2v) is 21.2. The van der Waals surface area contributed by atoms with Gasteiger partial charge in [0.15, 0.2) is 0 Å². The van der Waals surface area contributed by atoms with Crippen LogP contribution < -0.4 is 17.6 Å². The Morgan fingerprint density at radius 1 is 0.294 bits per heavy atom. The van der Waals surface area contributed by atoms with Crippen LogP contribution in [0.5, 0.6) is 0 Å². The predicted molar refractivity (Wildman–Crippen MR) is 215 cm³/mol. The molecule has 10 aromatic rings. The van der Waals surface area contributed by atoms with Gasteiger partial charge >= 0.3 is 300 Å². The van der Waals surface area contributed by atoms with E-state index in [1.54, 1.807) is 0 Å². The summed E-state index contributed by atoms with van der Waals surface area (Å²) in [5.41, 5.74) is 8.19. The van der Waals surface area contributed by atoms with Crippen LogP contribution in [0.15, 0.2) is 203 Å². The SMILES string of the molecule is c1cc[c]([Ge]([c]2ccccc2)([c]2cccc(-c3cccc4c3oc3ccccc34)c2)[c]2cccc(-c3cccc4c3oc3ccccc34)c2)cc1. The number of fused-ring (bicyclic) bond motifs is 6. The number of hydrogen-bond acceptors (Lipinski definition) is 2. The van der Waals surface area contributed by atoms with E-state index in [4.69, 9.17) is 8.83 Å². The van der Waals surface area contributed by atoms with Gasteiger partial charge in [0, 0.05) is 0 Å². The molecule has 3 heteroatoms. The van der Waals surface area contributed by atoms with E-state index in [0.29, 0.717) is 0 Å². The fraction of sp³-hybridized carbons (Fsp3) is 0. The fourth-order valence-corrected chi connectivity index (χ4v) is 18.3. The van der Waals surface area contributed by atoms with Crippen molar-refractivity contribution >= 4 is 74.7 Å². The second-order valence-electron chi connectivity index (χ2n) is 13.2. The minimum atomic E-state index is -3.67. The van der Waals surface area contributed by atoms with Crippen molar-refractivity contribution in [1.29, 1.82) is 0 Å². The molecule has 0 aliphatic heterocycles. The topological polar surface area (TPSA) is 26.3 Å². The van der Waals surface area contributed by atoms with E-state index in [9.17, 15) is 0 Å². The zero-order chi connectivity index (χ0) is 33.8. The summed E-state index contributed by atoms with van der Waals surface area (Å²) in [6.07, 6.45) is 0. The average Bonchev–Trinajstić information content (AvgIpc) is 3.78. The number of para-hydroxylation sites is 4. The van der Waals surface area contributed by atoms with E-state index in [0.717, 1.165) is 66.1 Å². The molecule has 8 aromatic carbocycles. The van der Waals surface area contributed by atoms with Gasteiger partial charge in [-0.15, -0.1) is 0 Å². The Kier molecular flexibility index (Phi) is 7.04. The first-order valence-corrected chi connectivity index (χ1v) is 21.6. The number of benzene rings is 8. The number of furan rings is 2. The normalized spacial score (nSPS) is 11.9. The van der Waals surface area contributed by atoms with Crippen molar-refractivity contribution in [2.45, 2.75) is 0 Å². The maximum atomic E-state index is 6.55. The van der Waals surface area contributed by atoms with E-state index >= 15 is 0 Å². The molecule has 0 saturated heterocycles. The molecule has 2 nitrogen and oxygen atoms in total. The van der Waals surface area contributed by atoms with Gasteiger partial charge in [0.1, 0.15) is 0 Å². The first-order valence-electron chi connectivity index (χ1n) is 17.4. The standard InChI is InChI=1S/C48H32GeO2/c1-3-17-35(18-4-1)49(36-19-5-2-6-20-36,37-21-11-15-33(31-37)39-25-13-27-43-41-23-7-9-29-45(41)50-47(39)43)38-22-12-16-34(32-38)40-26-14-28-44-42-24-8-10-30-46(42)51-48(40)44/h1-32H. The van der Waals surface area contributed by atoms with Crippen LogP contribution in [0.1, 0.15) is 0 Å². The minimum absolute atomic E-state index is 0.910. The van der Waals surface area contributed by atoms with Gasteiger partial charge in [-0.05, 0) is 0 Å². The maximum absolute atomic E-state index is 6.55. The Labute approximate surface area is 298 Å². The van der Waals surface area contributed by atoms with Gasteiger partial charge in [0.2, 0.25) is 0 Å². The summed E-state index contributed by atoms with van der Waals surface area (Å²) in [6, 6.07) is 70.5. The van der Waals surface area contributed by atoms with Crippen molar-refractivity contribution in [3.05, 3.63) is 194 Å². The molecule has 0 aliphatic carbocycles. The molecule has 51 heavy (non-hydrogen) atoms. The molecule has 0 unspecified atom stereocenters. The Morgan fingerprint density at radius 2 is 0.667 bits per heavy atom. The number of rotatable bonds is 6. The first kappa shape index (κ1) is 29.8. The summed E-state index contributed by atoms with van der Waals surface area (Å²) in [7, 11) is 0. The summed E-state index contributed by atoms with van der Waals surface area (Å²) in [5.74, 6) is 0. The van der Waals surface area contributed by atoms with Crippen molar-refractivity contribution in [2.75, 3.05) is 0 Å². The van der Waals surface area contributed by atoms with Gasteiger partial charge in [0.05, 0.1) is 0 Å². The zero-order valence-corrected chi connectivity index (χ0v) is 29.9. The second kappa shape index (κ2) is 12.0. The molecular formula is C48H32GeO2. The van der Waals surface area contributed by atoms with Gasteiger partial charge in [-0.1, -0.05) is 0 Å². The van der Waals surface area contributed by atoms with Crippen molar-refractivity contribution < 1.29 is 8.83 Å². The van der Waals surface area contributed by atoms with Gasteiger partial charge in [0.25, 0.3) is 0 Å². The Balaban J connectivity index is 1.24. The third-order valence-electron chi connectivity index (χ3n) is 10.4. The fourth-order valence-electron chi connectivity index (χ4n) is 8.17. The van der Waals surface area contributed by atoms with E-state index < -0.39 is 13.3 Å². The molecule has 0 radical (unpaired) electrons. The van der Waals surface area contributed by atoms with Crippen molar-refractivity contribution in [3.8, 4) is 22.3 Å². The van der Waals surface area contributed by atoms with Gasteiger partial charge in [-0.25, -0.2) is 0 Å². The van der Waals surface area contributed by atoms with Crippen molar-refractivity contribution in [2.24, 2.45) is 0 Å². The Hall–Kier alpha value is -6.10. The molecule has 0 aliphatic rings. The quantitative estimate of drug-likeness (QED) is 0.161. The third-order valence-corrected chi connectivity index (χ3v) is 20.4. The van der Waals surface area contributed by atoms with Gasteiger partial charge in [-0.3, -0.25) is 0 Å². The van der Waals surface area contributed by atoms with Crippen LogP contribution in [0.4, 0.5) is 0 Å². The molecule has 0 spiro atoms. The summed E-state index contributed by atoms with van der Waals surface area (Å²) >= 11 is -3.67. The molecular weight excluding hydrogens is 681 g/mol. The molecule has 0 bridgehead atoms. The monoisotopic (exact) mass is 714 g/mol. The van der Waals surface area contributed by atoms with E-state index in [2.05, 4.69) is 182 Å². The van der Waals surface area contributed by atoms with Gasteiger partial charge < -0.3 is 0 Å². The van der Waals surface area contributed by atoms with Gasteiger partial charge in [-0.2, -0.15) is 0 Å². The number of hydrogen-bond donors (Lipinski definition) is 0. The van der Waals surface area contributed by atoms with Crippen molar-refractivity contribution in [1.82, 2.24) is 0 Å². The Bertz CT molecular complexity index is 2670. The van der Waals surface area contributed by atoms with Crippen LogP contribution in [-0.4, -0.2) is 13.3 Å². The van der Waals surface area contributed by atoms with Crippen LogP contribution >= 0.6 is 0 Å². The molecule has 10 rings (SSSR count).